The van der Waals surface area contributed by atoms with Crippen LogP contribution in [0.3, 0.4) is 0 Å². The van der Waals surface area contributed by atoms with E-state index in [1.807, 2.05) is 6.07 Å². The molecule has 0 spiro atoms. The van der Waals surface area contributed by atoms with E-state index in [1.54, 1.807) is 0 Å². The number of carbonyl (C=O) groups is 1. The fourth-order valence-corrected chi connectivity index (χ4v) is 5.59. The van der Waals surface area contributed by atoms with Gasteiger partial charge in [-0.1, -0.05) is 13.8 Å². The Morgan fingerprint density at radius 3 is 2.41 bits per heavy atom. The number of aromatic nitrogens is 2. The highest BCUT2D eigenvalue weighted by Crippen LogP contribution is 2.55. The second-order valence-corrected chi connectivity index (χ2v) is 8.53. The van der Waals surface area contributed by atoms with Crippen LogP contribution in [-0.4, -0.2) is 21.6 Å². The monoisotopic (exact) mass is 301 g/mol. The van der Waals surface area contributed by atoms with Crippen LogP contribution in [0.25, 0.3) is 0 Å². The molecule has 4 aliphatic carbocycles. The molecule has 1 aromatic rings. The Hall–Kier alpha value is -1.32. The van der Waals surface area contributed by atoms with Crippen LogP contribution < -0.4 is 5.32 Å². The minimum absolute atomic E-state index is 0.0215. The van der Waals surface area contributed by atoms with E-state index in [0.717, 1.165) is 29.9 Å². The van der Waals surface area contributed by atoms with E-state index in [0.29, 0.717) is 11.6 Å². The molecule has 1 aromatic heterocycles. The molecule has 4 aliphatic rings. The number of nitrogens with zero attached hydrogens (tertiary/aromatic N) is 1. The Morgan fingerprint density at radius 2 is 1.86 bits per heavy atom. The van der Waals surface area contributed by atoms with Gasteiger partial charge in [-0.3, -0.25) is 9.89 Å². The summed E-state index contributed by atoms with van der Waals surface area (Å²) < 4.78 is 0. The Balaban J connectivity index is 1.46. The zero-order chi connectivity index (χ0) is 15.3. The third-order valence-electron chi connectivity index (χ3n) is 5.91. The van der Waals surface area contributed by atoms with E-state index in [-0.39, 0.29) is 11.4 Å². The van der Waals surface area contributed by atoms with Gasteiger partial charge >= 0.3 is 0 Å². The molecular formula is C18H27N3O. The lowest BCUT2D eigenvalue weighted by Crippen LogP contribution is -2.59. The van der Waals surface area contributed by atoms with Crippen molar-refractivity contribution in [1.82, 2.24) is 15.5 Å². The minimum atomic E-state index is 0.0215. The van der Waals surface area contributed by atoms with Gasteiger partial charge in [0.2, 0.25) is 0 Å². The van der Waals surface area contributed by atoms with Gasteiger partial charge in [0.15, 0.2) is 0 Å². The van der Waals surface area contributed by atoms with Crippen LogP contribution in [0.4, 0.5) is 0 Å². The lowest BCUT2D eigenvalue weighted by Gasteiger charge is -2.56. The number of amides is 1. The lowest BCUT2D eigenvalue weighted by atomic mass is 9.53. The number of hydrogen-bond donors (Lipinski definition) is 2. The number of nitrogens with one attached hydrogen (secondary N) is 2. The largest absolute Gasteiger partial charge is 0.345 e. The van der Waals surface area contributed by atoms with Crippen molar-refractivity contribution < 1.29 is 4.79 Å². The van der Waals surface area contributed by atoms with E-state index in [1.165, 1.54) is 38.5 Å². The predicted octanol–water partition coefficient (Wildman–Crippen LogP) is 3.31. The highest BCUT2D eigenvalue weighted by Gasteiger charge is 2.51. The molecule has 22 heavy (non-hydrogen) atoms. The smallest absolute Gasteiger partial charge is 0.272 e. The van der Waals surface area contributed by atoms with Crippen molar-refractivity contribution in [2.75, 3.05) is 0 Å². The summed E-state index contributed by atoms with van der Waals surface area (Å²) in [5, 5.41) is 10.6. The second kappa shape index (κ2) is 5.10. The molecule has 4 saturated carbocycles. The summed E-state index contributed by atoms with van der Waals surface area (Å²) in [6.07, 6.45) is 8.70. The maximum absolute atomic E-state index is 12.6. The molecular weight excluding hydrogens is 274 g/mol. The van der Waals surface area contributed by atoms with Crippen LogP contribution in [0.1, 0.15) is 68.6 Å². The first-order valence-corrected chi connectivity index (χ1v) is 8.88. The standard InChI is InChI=1S/C18H27N3O/c1-11(2)3-15-7-16(21-20-15)17(22)19-18-8-12-4-13(9-18)6-14(5-12)10-18/h7,11-14H,3-6,8-10H2,1-2H3,(H,19,22)(H,20,21). The summed E-state index contributed by atoms with van der Waals surface area (Å²) >= 11 is 0. The maximum Gasteiger partial charge on any atom is 0.272 e. The molecule has 0 atom stereocenters. The minimum Gasteiger partial charge on any atom is -0.345 e. The Morgan fingerprint density at radius 1 is 1.27 bits per heavy atom. The normalized spacial score (nSPS) is 36.0. The fourth-order valence-electron chi connectivity index (χ4n) is 5.59. The average Bonchev–Trinajstić information content (AvgIpc) is 2.84. The number of rotatable bonds is 4. The van der Waals surface area contributed by atoms with Gasteiger partial charge in [-0.15, -0.1) is 0 Å². The quantitative estimate of drug-likeness (QED) is 0.896. The predicted molar refractivity (Wildman–Crippen MR) is 85.5 cm³/mol. The van der Waals surface area contributed by atoms with Crippen LogP contribution in [0.15, 0.2) is 6.07 Å². The third-order valence-corrected chi connectivity index (χ3v) is 5.91. The van der Waals surface area contributed by atoms with Crippen LogP contribution in [0.5, 0.6) is 0 Å². The van der Waals surface area contributed by atoms with Crippen molar-refractivity contribution in [3.8, 4) is 0 Å². The third kappa shape index (κ3) is 2.57. The van der Waals surface area contributed by atoms with Crippen LogP contribution in [-0.2, 0) is 6.42 Å². The lowest BCUT2D eigenvalue weighted by molar-refractivity contribution is -0.0167. The molecule has 120 valence electrons. The molecule has 5 rings (SSSR count). The SMILES string of the molecule is CC(C)Cc1cc(C(=O)NC23CC4CC(CC(C4)C2)C3)n[nH]1. The number of aromatic amines is 1. The topological polar surface area (TPSA) is 57.8 Å². The molecule has 4 fully saturated rings. The van der Waals surface area contributed by atoms with Crippen LogP contribution in [0.2, 0.25) is 0 Å². The first-order valence-electron chi connectivity index (χ1n) is 8.88. The number of hydrogen-bond acceptors (Lipinski definition) is 2. The van der Waals surface area contributed by atoms with E-state index >= 15 is 0 Å². The van der Waals surface area contributed by atoms with Crippen molar-refractivity contribution in [2.45, 2.75) is 64.3 Å². The summed E-state index contributed by atoms with van der Waals surface area (Å²) in [6.45, 7) is 4.35. The molecule has 4 heteroatoms. The Labute approximate surface area is 132 Å². The van der Waals surface area contributed by atoms with Crippen molar-refractivity contribution in [3.05, 3.63) is 17.5 Å². The van der Waals surface area contributed by atoms with E-state index in [4.69, 9.17) is 0 Å². The van der Waals surface area contributed by atoms with Gasteiger partial charge in [-0.2, -0.15) is 5.10 Å². The fraction of sp³-hybridized carbons (Fsp3) is 0.778. The van der Waals surface area contributed by atoms with Crippen LogP contribution >= 0.6 is 0 Å². The Kier molecular flexibility index (Phi) is 3.31. The maximum atomic E-state index is 12.6. The summed E-state index contributed by atoms with van der Waals surface area (Å²) in [6, 6.07) is 1.93. The van der Waals surface area contributed by atoms with Crippen molar-refractivity contribution in [1.29, 1.82) is 0 Å². The van der Waals surface area contributed by atoms with Gasteiger partial charge < -0.3 is 5.32 Å². The van der Waals surface area contributed by atoms with Crippen LogP contribution in [0, 0.1) is 23.7 Å². The molecule has 1 amide bonds. The Bertz CT molecular complexity index is 539. The van der Waals surface area contributed by atoms with E-state index in [9.17, 15) is 4.79 Å². The van der Waals surface area contributed by atoms with Gasteiger partial charge in [0.25, 0.3) is 5.91 Å². The zero-order valence-electron chi connectivity index (χ0n) is 13.7. The molecule has 4 nitrogen and oxygen atoms in total. The summed E-state index contributed by atoms with van der Waals surface area (Å²) in [5.74, 6) is 3.14. The average molecular weight is 301 g/mol. The first-order chi connectivity index (χ1) is 10.5. The highest BCUT2D eigenvalue weighted by molar-refractivity contribution is 5.92. The zero-order valence-corrected chi connectivity index (χ0v) is 13.7. The van der Waals surface area contributed by atoms with Gasteiger partial charge in [-0.05, 0) is 74.7 Å². The van der Waals surface area contributed by atoms with Crippen molar-refractivity contribution >= 4 is 5.91 Å². The molecule has 0 aromatic carbocycles. The molecule has 0 saturated heterocycles. The van der Waals surface area contributed by atoms with Gasteiger partial charge in [0.1, 0.15) is 5.69 Å². The molecule has 2 N–H and O–H groups in total. The van der Waals surface area contributed by atoms with Crippen molar-refractivity contribution in [3.63, 3.8) is 0 Å². The highest BCUT2D eigenvalue weighted by atomic mass is 16.2. The molecule has 0 unspecified atom stereocenters. The summed E-state index contributed by atoms with van der Waals surface area (Å²) in [5.41, 5.74) is 1.69. The van der Waals surface area contributed by atoms with E-state index in [2.05, 4.69) is 29.4 Å². The first kappa shape index (κ1) is 14.3. The number of H-pyrrole nitrogens is 1. The molecule has 0 aliphatic heterocycles. The van der Waals surface area contributed by atoms with Crippen molar-refractivity contribution in [2.24, 2.45) is 23.7 Å². The molecule has 4 bridgehead atoms. The van der Waals surface area contributed by atoms with Gasteiger partial charge in [-0.25, -0.2) is 0 Å². The summed E-state index contributed by atoms with van der Waals surface area (Å²) in [7, 11) is 0. The molecule has 0 radical (unpaired) electrons. The number of carbonyl (C=O) groups excluding carboxylic acids is 1. The molecule has 1 heterocycles. The van der Waals surface area contributed by atoms with Gasteiger partial charge in [0, 0.05) is 11.2 Å². The van der Waals surface area contributed by atoms with Gasteiger partial charge in [0.05, 0.1) is 0 Å². The van der Waals surface area contributed by atoms with E-state index < -0.39 is 0 Å². The second-order valence-electron chi connectivity index (χ2n) is 8.53. The summed E-state index contributed by atoms with van der Waals surface area (Å²) in [4.78, 5) is 12.6.